The summed E-state index contributed by atoms with van der Waals surface area (Å²) in [5, 5.41) is 22.1. The third-order valence-electron chi connectivity index (χ3n) is 10.4. The van der Waals surface area contributed by atoms with Gasteiger partial charge in [0.25, 0.3) is 11.8 Å². The molecule has 2 aliphatic rings. The number of hydrogen-bond donors (Lipinski definition) is 2. The number of likely N-dealkylation sites (tertiary alicyclic amines) is 1. The molecule has 19 heteroatoms. The Balaban J connectivity index is 0.000000187. The number of benzene rings is 4. The molecule has 4 aromatic carbocycles. The van der Waals surface area contributed by atoms with E-state index in [4.69, 9.17) is 69.7 Å². The highest BCUT2D eigenvalue weighted by molar-refractivity contribution is 6.34. The molecule has 67 heavy (non-hydrogen) atoms. The molecule has 2 aromatic heterocycles. The second-order valence-corrected chi connectivity index (χ2v) is 18.7. The van der Waals surface area contributed by atoms with Crippen LogP contribution in [-0.4, -0.2) is 93.5 Å². The first-order valence-electron chi connectivity index (χ1n) is 21.3. The van der Waals surface area contributed by atoms with E-state index in [0.717, 1.165) is 24.9 Å². The van der Waals surface area contributed by atoms with Gasteiger partial charge in [0.15, 0.2) is 0 Å². The zero-order chi connectivity index (χ0) is 48.6. The molecule has 0 bridgehead atoms. The second kappa shape index (κ2) is 22.0. The van der Waals surface area contributed by atoms with Crippen molar-refractivity contribution in [2.75, 3.05) is 32.8 Å². The molecule has 2 fully saturated rings. The molecule has 0 atom stereocenters. The van der Waals surface area contributed by atoms with Crippen molar-refractivity contribution in [2.45, 2.75) is 67.2 Å². The summed E-state index contributed by atoms with van der Waals surface area (Å²) in [5.41, 5.74) is 3.11. The van der Waals surface area contributed by atoms with Crippen molar-refractivity contribution >= 4 is 64.6 Å². The number of carboxylic acid groups (broad SMARTS) is 1. The Bertz CT molecular complexity index is 2710. The van der Waals surface area contributed by atoms with Crippen LogP contribution in [0.15, 0.2) is 81.8 Å². The Morgan fingerprint density at radius 1 is 0.746 bits per heavy atom. The number of aromatic nitrogens is 4. The number of aldehydes is 1. The zero-order valence-corrected chi connectivity index (χ0v) is 40.9. The highest BCUT2D eigenvalue weighted by Crippen LogP contribution is 2.36. The first-order chi connectivity index (χ1) is 31.8. The lowest BCUT2D eigenvalue weighted by Gasteiger charge is -2.45. The van der Waals surface area contributed by atoms with Crippen molar-refractivity contribution in [3.8, 4) is 57.2 Å². The topological polar surface area (TPSA) is 192 Å². The van der Waals surface area contributed by atoms with Crippen LogP contribution < -0.4 is 14.8 Å². The first-order valence-corrected chi connectivity index (χ1v) is 22.8. The molecule has 354 valence electrons. The van der Waals surface area contributed by atoms with Gasteiger partial charge in [0.05, 0.1) is 60.9 Å². The average molecular weight is 997 g/mol. The lowest BCUT2D eigenvalue weighted by atomic mass is 9.82. The zero-order valence-electron chi connectivity index (χ0n) is 37.9. The Morgan fingerprint density at radius 3 is 1.66 bits per heavy atom. The molecular weight excluding hydrogens is 946 g/mol. The van der Waals surface area contributed by atoms with Crippen LogP contribution in [0.3, 0.4) is 0 Å². The molecule has 8 rings (SSSR count). The van der Waals surface area contributed by atoms with E-state index >= 15 is 0 Å². The maximum absolute atomic E-state index is 11.3. The molecule has 0 saturated carbocycles. The van der Waals surface area contributed by atoms with E-state index in [9.17, 15) is 19.5 Å². The number of hydrogen-bond acceptors (Lipinski definition) is 14. The van der Waals surface area contributed by atoms with Gasteiger partial charge in [-0.3, -0.25) is 19.3 Å². The Labute approximate surface area is 408 Å². The van der Waals surface area contributed by atoms with Crippen molar-refractivity contribution in [1.82, 2.24) is 30.5 Å². The van der Waals surface area contributed by atoms with Gasteiger partial charge in [0.1, 0.15) is 17.8 Å². The van der Waals surface area contributed by atoms with Crippen molar-refractivity contribution in [3.63, 3.8) is 0 Å². The summed E-state index contributed by atoms with van der Waals surface area (Å²) in [6.45, 7) is 16.9. The number of aliphatic carboxylic acids is 1. The minimum atomic E-state index is -0.766. The average Bonchev–Trinajstić information content (AvgIpc) is 3.95. The molecule has 0 amide bonds. The van der Waals surface area contributed by atoms with Gasteiger partial charge < -0.3 is 33.7 Å². The van der Waals surface area contributed by atoms with E-state index in [1.807, 2.05) is 65.8 Å². The van der Waals surface area contributed by atoms with Gasteiger partial charge in [-0.2, -0.15) is 9.97 Å². The first kappa shape index (κ1) is 50.9. The normalized spacial score (nSPS) is 14.7. The summed E-state index contributed by atoms with van der Waals surface area (Å²) in [6.07, 6.45) is 0.761. The minimum Gasteiger partial charge on any atom is -0.489 e. The Hall–Kier alpha value is -5.55. The molecule has 2 aliphatic heterocycles. The van der Waals surface area contributed by atoms with E-state index in [1.165, 1.54) is 0 Å². The van der Waals surface area contributed by atoms with Crippen LogP contribution in [0.2, 0.25) is 20.1 Å². The predicted molar refractivity (Wildman–Crippen MR) is 256 cm³/mol. The summed E-state index contributed by atoms with van der Waals surface area (Å²) in [5.74, 6) is 1.69. The quantitative estimate of drug-likeness (QED) is 0.0773. The predicted octanol–water partition coefficient (Wildman–Crippen LogP) is 10.9. The number of esters is 1. The van der Waals surface area contributed by atoms with Gasteiger partial charge in [0, 0.05) is 49.4 Å². The van der Waals surface area contributed by atoms with E-state index < -0.39 is 11.4 Å². The van der Waals surface area contributed by atoms with Crippen molar-refractivity contribution in [1.29, 1.82) is 0 Å². The Morgan fingerprint density at radius 2 is 1.25 bits per heavy atom. The van der Waals surface area contributed by atoms with Crippen LogP contribution >= 0.6 is 46.4 Å². The number of nitrogens with zero attached hydrogens (tertiary/aromatic N) is 5. The fourth-order valence-corrected chi connectivity index (χ4v) is 7.89. The van der Waals surface area contributed by atoms with Crippen molar-refractivity contribution in [2.24, 2.45) is 10.8 Å². The number of halogens is 4. The van der Waals surface area contributed by atoms with Gasteiger partial charge in [0.2, 0.25) is 11.6 Å². The summed E-state index contributed by atoms with van der Waals surface area (Å²) >= 11 is 25.2. The molecular formula is C48H50Cl4N6O9. The number of nitrogens with one attached hydrogen (secondary N) is 1. The fourth-order valence-electron chi connectivity index (χ4n) is 6.88. The number of ether oxygens (including phenoxy) is 3. The number of carbonyl (C=O) groups is 3. The number of carboxylic acids is 1. The summed E-state index contributed by atoms with van der Waals surface area (Å²) in [4.78, 5) is 44.0. The molecule has 4 heterocycles. The molecule has 2 saturated heterocycles. The van der Waals surface area contributed by atoms with E-state index in [2.05, 4.69) is 30.5 Å². The van der Waals surface area contributed by atoms with Gasteiger partial charge in [-0.25, -0.2) is 0 Å². The highest BCUT2D eigenvalue weighted by Gasteiger charge is 2.45. The fraction of sp³-hybridized carbons (Fsp3) is 0.354. The summed E-state index contributed by atoms with van der Waals surface area (Å²) in [6, 6.07) is 21.0. The van der Waals surface area contributed by atoms with E-state index in [1.54, 1.807) is 55.5 Å². The van der Waals surface area contributed by atoms with Gasteiger partial charge in [-0.1, -0.05) is 68.8 Å². The molecule has 2 N–H and O–H groups in total. The second-order valence-electron chi connectivity index (χ2n) is 17.0. The van der Waals surface area contributed by atoms with Crippen LogP contribution in [0, 0.1) is 10.8 Å². The van der Waals surface area contributed by atoms with Gasteiger partial charge >= 0.3 is 11.9 Å². The number of carbonyl (C=O) groups excluding carboxylic acids is 2. The summed E-state index contributed by atoms with van der Waals surface area (Å²) in [7, 11) is 0. The third-order valence-corrected chi connectivity index (χ3v) is 11.7. The van der Waals surface area contributed by atoms with Crippen LogP contribution in [0.1, 0.15) is 64.4 Å². The van der Waals surface area contributed by atoms with Crippen LogP contribution in [0.5, 0.6) is 11.5 Å². The molecule has 0 aliphatic carbocycles. The maximum atomic E-state index is 11.3. The monoisotopic (exact) mass is 994 g/mol. The minimum absolute atomic E-state index is 0.0167. The highest BCUT2D eigenvalue weighted by atomic mass is 35.5. The molecule has 0 radical (unpaired) electrons. The molecule has 0 spiro atoms. The van der Waals surface area contributed by atoms with Crippen LogP contribution in [0.4, 0.5) is 0 Å². The van der Waals surface area contributed by atoms with Crippen molar-refractivity contribution < 1.29 is 42.7 Å². The molecule has 15 nitrogen and oxygen atoms in total. The lowest BCUT2D eigenvalue weighted by Crippen LogP contribution is -2.58. The van der Waals surface area contributed by atoms with Gasteiger partial charge in [-0.15, -0.1) is 0 Å². The molecule has 0 unspecified atom stereocenters. The van der Waals surface area contributed by atoms with Crippen LogP contribution in [-0.2, 0) is 20.9 Å². The standard InChI is InChI=1S/C23H23Cl2N3O4.C18H14Cl2N2O3.C7H13NO2/c1-13(2)31-19-7-5-15(9-18(19)25)20-26-21(32-27-20)16-6-4-14(8-17(16)24)10-28-11-23(3,12-28)22(29)30;1-10(2)24-16-6-4-12(8-15(16)20)17-21-18(25-22-17)13-5-3-11(9-23)7-14(13)19;1-3-10-6(9)7(2)4-8-5-7/h4-9,13H,10-12H2,1-3H3,(H,29,30);3-10H,1-2H3;8H,3-5H2,1-2H3. The lowest BCUT2D eigenvalue weighted by molar-refractivity contribution is -0.159. The maximum Gasteiger partial charge on any atom is 0.314 e. The third kappa shape index (κ3) is 12.7. The number of rotatable bonds is 14. The van der Waals surface area contributed by atoms with Gasteiger partial charge in [-0.05, 0) is 115 Å². The van der Waals surface area contributed by atoms with Crippen LogP contribution in [0.25, 0.3) is 45.7 Å². The summed E-state index contributed by atoms with van der Waals surface area (Å²) < 4.78 is 26.8. The van der Waals surface area contributed by atoms with E-state index in [-0.39, 0.29) is 29.5 Å². The SMILES string of the molecule is CC(C)Oc1ccc(-c2noc(-c3ccc(C=O)cc3Cl)n2)cc1Cl.CC(C)Oc1ccc(-c2noc(-c3ccc(CN4CC(C)(C(=O)O)C4)cc3Cl)n2)cc1Cl.CCOC(=O)C1(C)CNC1. The smallest absolute Gasteiger partial charge is 0.314 e. The van der Waals surface area contributed by atoms with E-state index in [0.29, 0.717) is 103 Å². The van der Waals surface area contributed by atoms with Crippen molar-refractivity contribution in [3.05, 3.63) is 104 Å². The molecule has 6 aromatic rings. The largest absolute Gasteiger partial charge is 0.489 e. The Kier molecular flexibility index (Phi) is 16.7.